The third-order valence-electron chi connectivity index (χ3n) is 6.69. The van der Waals surface area contributed by atoms with E-state index in [9.17, 15) is 18.0 Å². The molecule has 1 heterocycles. The Hall–Kier alpha value is -3.35. The second-order valence-corrected chi connectivity index (χ2v) is 11.2. The van der Waals surface area contributed by atoms with Gasteiger partial charge in [0.05, 0.1) is 10.9 Å². The van der Waals surface area contributed by atoms with Crippen molar-refractivity contribution >= 4 is 27.2 Å². The molecule has 186 valence electrons. The van der Waals surface area contributed by atoms with Gasteiger partial charge in [-0.1, -0.05) is 85.3 Å². The molecule has 0 aliphatic carbocycles. The summed E-state index contributed by atoms with van der Waals surface area (Å²) >= 11 is 0. The van der Waals surface area contributed by atoms with Crippen LogP contribution in [0.25, 0.3) is 5.57 Å². The Morgan fingerprint density at radius 2 is 1.47 bits per heavy atom. The molecule has 6 heteroatoms. The average molecular weight is 502 g/mol. The maximum absolute atomic E-state index is 14.0. The van der Waals surface area contributed by atoms with E-state index in [1.54, 1.807) is 36.4 Å². The first-order valence-electron chi connectivity index (χ1n) is 12.2. The summed E-state index contributed by atoms with van der Waals surface area (Å²) in [5.74, 6) is -0.812. The van der Waals surface area contributed by atoms with Gasteiger partial charge in [0.1, 0.15) is 5.78 Å². The van der Waals surface area contributed by atoms with Crippen LogP contribution < -0.4 is 0 Å². The van der Waals surface area contributed by atoms with Gasteiger partial charge in [-0.15, -0.1) is 0 Å². The number of benzene rings is 3. The van der Waals surface area contributed by atoms with Crippen molar-refractivity contribution in [3.8, 4) is 0 Å². The lowest BCUT2D eigenvalue weighted by Gasteiger charge is -2.41. The Morgan fingerprint density at radius 3 is 2.03 bits per heavy atom. The second kappa shape index (κ2) is 10.7. The maximum Gasteiger partial charge on any atom is 0.243 e. The van der Waals surface area contributed by atoms with Gasteiger partial charge in [-0.3, -0.25) is 4.79 Å². The number of ketones is 2. The van der Waals surface area contributed by atoms with Gasteiger partial charge >= 0.3 is 0 Å². The Labute approximate surface area is 213 Å². The number of carbonyl (C=O) groups is 2. The monoisotopic (exact) mass is 501 g/mol. The zero-order valence-corrected chi connectivity index (χ0v) is 21.7. The summed E-state index contributed by atoms with van der Waals surface area (Å²) in [6.45, 7) is 5.39. The molecule has 0 saturated heterocycles. The number of hydrogen-bond donors (Lipinski definition) is 0. The van der Waals surface area contributed by atoms with Crippen molar-refractivity contribution in [1.29, 1.82) is 0 Å². The molecule has 4 rings (SSSR count). The lowest BCUT2D eigenvalue weighted by Crippen LogP contribution is -2.49. The topological polar surface area (TPSA) is 71.5 Å². The van der Waals surface area contributed by atoms with Crippen LogP contribution in [0.15, 0.2) is 95.4 Å². The largest absolute Gasteiger partial charge is 0.300 e. The minimum Gasteiger partial charge on any atom is -0.300 e. The number of nitrogens with zero attached hydrogens (tertiary/aromatic N) is 1. The summed E-state index contributed by atoms with van der Waals surface area (Å²) in [6.07, 6.45) is 0.564. The molecule has 0 aromatic heterocycles. The fraction of sp³-hybridized carbons (Fsp3) is 0.267. The first kappa shape index (κ1) is 25.7. The van der Waals surface area contributed by atoms with Crippen LogP contribution in [-0.4, -0.2) is 36.9 Å². The molecule has 0 unspecified atom stereocenters. The SMILES string of the molecule is CC[C@H]1C(c2ccccc2)=C(C(=O)c2ccccc2)[C@@H](CC(C)=O)CN1S(=O)(=O)c1ccc(C)cc1. The van der Waals surface area contributed by atoms with Crippen molar-refractivity contribution in [2.75, 3.05) is 6.54 Å². The summed E-state index contributed by atoms with van der Waals surface area (Å²) in [4.78, 5) is 26.5. The normalized spacial score (nSPS) is 18.8. The van der Waals surface area contributed by atoms with Crippen molar-refractivity contribution in [1.82, 2.24) is 4.31 Å². The number of rotatable bonds is 8. The molecule has 36 heavy (non-hydrogen) atoms. The van der Waals surface area contributed by atoms with Crippen molar-refractivity contribution in [2.45, 2.75) is 44.6 Å². The van der Waals surface area contributed by atoms with E-state index in [0.717, 1.165) is 11.1 Å². The highest BCUT2D eigenvalue weighted by atomic mass is 32.2. The highest BCUT2D eigenvalue weighted by Crippen LogP contribution is 2.41. The van der Waals surface area contributed by atoms with Gasteiger partial charge in [0.2, 0.25) is 10.0 Å². The number of carbonyl (C=O) groups excluding carboxylic acids is 2. The molecular weight excluding hydrogens is 470 g/mol. The predicted molar refractivity (Wildman–Crippen MR) is 142 cm³/mol. The molecule has 0 saturated carbocycles. The van der Waals surface area contributed by atoms with Gasteiger partial charge in [0.15, 0.2) is 5.78 Å². The van der Waals surface area contributed by atoms with Gasteiger partial charge in [-0.2, -0.15) is 4.31 Å². The van der Waals surface area contributed by atoms with Crippen LogP contribution in [0.1, 0.15) is 48.2 Å². The molecule has 0 fully saturated rings. The number of sulfonamides is 1. The van der Waals surface area contributed by atoms with Crippen LogP contribution >= 0.6 is 0 Å². The molecule has 1 aliphatic heterocycles. The van der Waals surface area contributed by atoms with E-state index in [-0.39, 0.29) is 29.4 Å². The fourth-order valence-electron chi connectivity index (χ4n) is 5.03. The van der Waals surface area contributed by atoms with Gasteiger partial charge < -0.3 is 4.79 Å². The van der Waals surface area contributed by atoms with E-state index in [1.807, 2.05) is 62.4 Å². The Kier molecular flexibility index (Phi) is 7.67. The molecule has 3 aromatic rings. The van der Waals surface area contributed by atoms with Crippen molar-refractivity contribution < 1.29 is 18.0 Å². The van der Waals surface area contributed by atoms with Crippen LogP contribution in [0.5, 0.6) is 0 Å². The summed E-state index contributed by atoms with van der Waals surface area (Å²) in [5, 5.41) is 0. The highest BCUT2D eigenvalue weighted by molar-refractivity contribution is 7.89. The van der Waals surface area contributed by atoms with Crippen LogP contribution in [0.2, 0.25) is 0 Å². The zero-order chi connectivity index (χ0) is 25.9. The molecule has 0 N–H and O–H groups in total. The Morgan fingerprint density at radius 1 is 0.889 bits per heavy atom. The second-order valence-electron chi connectivity index (χ2n) is 9.30. The van der Waals surface area contributed by atoms with E-state index in [0.29, 0.717) is 23.1 Å². The van der Waals surface area contributed by atoms with Crippen LogP contribution in [0.4, 0.5) is 0 Å². The van der Waals surface area contributed by atoms with Gasteiger partial charge in [0, 0.05) is 30.0 Å². The van der Waals surface area contributed by atoms with E-state index in [4.69, 9.17) is 0 Å². The molecule has 0 spiro atoms. The summed E-state index contributed by atoms with van der Waals surface area (Å²) in [6, 6.07) is 24.7. The van der Waals surface area contributed by atoms with Crippen molar-refractivity contribution in [2.24, 2.45) is 5.92 Å². The van der Waals surface area contributed by atoms with E-state index >= 15 is 0 Å². The van der Waals surface area contributed by atoms with E-state index in [2.05, 4.69) is 0 Å². The van der Waals surface area contributed by atoms with Crippen LogP contribution in [-0.2, 0) is 14.8 Å². The molecule has 3 aromatic carbocycles. The quantitative estimate of drug-likeness (QED) is 0.371. The fourth-order valence-corrected chi connectivity index (χ4v) is 6.75. The third kappa shape index (κ3) is 5.11. The molecule has 5 nitrogen and oxygen atoms in total. The number of aryl methyl sites for hydroxylation is 1. The summed E-state index contributed by atoms with van der Waals surface area (Å²) < 4.78 is 29.4. The third-order valence-corrected chi connectivity index (χ3v) is 8.58. The summed E-state index contributed by atoms with van der Waals surface area (Å²) in [5.41, 5.74) is 3.50. The van der Waals surface area contributed by atoms with Crippen molar-refractivity contribution in [3.05, 3.63) is 107 Å². The summed E-state index contributed by atoms with van der Waals surface area (Å²) in [7, 11) is -3.89. The molecule has 0 amide bonds. The highest BCUT2D eigenvalue weighted by Gasteiger charge is 2.43. The van der Waals surface area contributed by atoms with Gasteiger partial charge in [0.25, 0.3) is 0 Å². The minimum atomic E-state index is -3.89. The first-order valence-corrected chi connectivity index (χ1v) is 13.6. The zero-order valence-electron chi connectivity index (χ0n) is 20.8. The van der Waals surface area contributed by atoms with Crippen LogP contribution in [0.3, 0.4) is 0 Å². The first-order chi connectivity index (χ1) is 17.2. The molecule has 0 bridgehead atoms. The molecule has 0 radical (unpaired) electrons. The molecule has 2 atom stereocenters. The van der Waals surface area contributed by atoms with E-state index in [1.165, 1.54) is 11.2 Å². The molecular formula is C30H31NO4S. The lowest BCUT2D eigenvalue weighted by atomic mass is 9.77. The smallest absolute Gasteiger partial charge is 0.243 e. The Balaban J connectivity index is 1.97. The van der Waals surface area contributed by atoms with Gasteiger partial charge in [-0.25, -0.2) is 8.42 Å². The van der Waals surface area contributed by atoms with Crippen molar-refractivity contribution in [3.63, 3.8) is 0 Å². The predicted octanol–water partition coefficient (Wildman–Crippen LogP) is 5.71. The van der Waals surface area contributed by atoms with Crippen LogP contribution in [0, 0.1) is 12.8 Å². The average Bonchev–Trinajstić information content (AvgIpc) is 2.88. The maximum atomic E-state index is 14.0. The lowest BCUT2D eigenvalue weighted by molar-refractivity contribution is -0.117. The van der Waals surface area contributed by atoms with E-state index < -0.39 is 22.0 Å². The Bertz CT molecular complexity index is 1380. The minimum absolute atomic E-state index is 0.0680. The number of Topliss-reactive ketones (excluding diaryl/α,β-unsaturated/α-hetero) is 2. The standard InChI is InChI=1S/C30H31NO4S/c1-4-27-28(23-11-7-5-8-12-23)29(30(33)24-13-9-6-10-14-24)25(19-22(3)32)20-31(27)36(34,35)26-17-15-21(2)16-18-26/h5-18,25,27H,4,19-20H2,1-3H3/t25-,27-/m0/s1. The van der Waals surface area contributed by atoms with Gasteiger partial charge in [-0.05, 0) is 43.5 Å². The molecule has 1 aliphatic rings. The number of hydrogen-bond acceptors (Lipinski definition) is 4.